The highest BCUT2D eigenvalue weighted by molar-refractivity contribution is 7.79. The van der Waals surface area contributed by atoms with E-state index >= 15 is 51.8 Å². The van der Waals surface area contributed by atoms with Gasteiger partial charge in [0.2, 0.25) is 0 Å². The highest BCUT2D eigenvalue weighted by Crippen LogP contribution is 2.79. The van der Waals surface area contributed by atoms with Crippen LogP contribution in [0.5, 0.6) is 34.5 Å². The Morgan fingerprint density at radius 3 is 0.508 bits per heavy atom. The quantitative estimate of drug-likeness (QED) is 0.0244. The summed E-state index contributed by atoms with van der Waals surface area (Å²) in [6.07, 6.45) is 35.2. The number of nitrogens with zero attached hydrogens (tertiary/aromatic N) is 15. The van der Waals surface area contributed by atoms with Gasteiger partial charge < -0.3 is 54.0 Å². The van der Waals surface area contributed by atoms with E-state index < -0.39 is 67.4 Å². The summed E-state index contributed by atoms with van der Waals surface area (Å²) >= 11 is 0. The number of benzene rings is 6. The van der Waals surface area contributed by atoms with Crippen LogP contribution in [0.15, 0.2) is 406 Å². The van der Waals surface area contributed by atoms with Gasteiger partial charge >= 0.3 is 67.4 Å². The second kappa shape index (κ2) is 36.8. The lowest BCUT2D eigenvalue weighted by Crippen LogP contribution is -2.15. The first-order valence-electron chi connectivity index (χ1n) is 40.4. The van der Waals surface area contributed by atoms with Crippen LogP contribution in [0.1, 0.15) is 67.5 Å². The number of rotatable bonds is 30. The van der Waals surface area contributed by atoms with Crippen LogP contribution >= 0.6 is 23.0 Å². The van der Waals surface area contributed by atoms with E-state index in [1.54, 1.807) is 109 Å². The molecule has 1 unspecified atom stereocenters. The maximum atomic E-state index is 15.5. The third-order valence-corrected chi connectivity index (χ3v) is 29.2. The molecule has 648 valence electrons. The van der Waals surface area contributed by atoms with Crippen LogP contribution < -0.4 is 27.1 Å². The molecule has 6 aromatic heterocycles. The predicted molar refractivity (Wildman–Crippen MR) is 499 cm³/mol. The molecule has 0 saturated heterocycles. The normalized spacial score (nSPS) is 18.4. The average Bonchev–Trinajstić information content (AvgIpc) is 0.816. The molecule has 6 aromatic carbocycles. The minimum absolute atomic E-state index is 0.0103. The molecular formula is C90H60B6F12N15O6P3. The van der Waals surface area contributed by atoms with Crippen molar-refractivity contribution in [1.82, 2.24) is 26.9 Å². The monoisotopic (exact) mass is 1830 g/mol. The van der Waals surface area contributed by atoms with Crippen LogP contribution in [0.25, 0.3) is 33.4 Å². The topological polar surface area (TPSA) is 196 Å². The zero-order chi connectivity index (χ0) is 90.8. The minimum atomic E-state index is -5.48. The van der Waals surface area contributed by atoms with Crippen molar-refractivity contribution in [2.24, 2.45) is 43.5 Å². The Bertz CT molecular complexity index is 6250. The van der Waals surface area contributed by atoms with Gasteiger partial charge in [-0.15, -0.1) is 0 Å². The van der Waals surface area contributed by atoms with E-state index in [-0.39, 0.29) is 170 Å². The van der Waals surface area contributed by atoms with Gasteiger partial charge in [0.15, 0.2) is 0 Å². The van der Waals surface area contributed by atoms with Gasteiger partial charge in [-0.3, -0.25) is 81.7 Å². The molecule has 0 N–H and O–H groups in total. The molecule has 21 nitrogen and oxygen atoms in total. The first kappa shape index (κ1) is 86.3. The van der Waals surface area contributed by atoms with E-state index in [0.717, 1.165) is 26.9 Å². The van der Waals surface area contributed by atoms with Crippen LogP contribution in [0, 0.1) is 0 Å². The SMILES string of the molecule is FB(F)n1cccc1/C(=C1/C=CC=N1)c1cccc(OP2(Oc3cccc(/C(=C4/C=CC=N4)c4cccn4B(F)F)c3)=NP(Oc3cccc(/C(=C4/C=CC=N4)c4cccn4B(F)F)c3)(Oc3cccc(/C(=C4/C=CC=N4)c4cccn4B(F)F)c3)=NP(Oc3cccc(/C(=C4/C=CC=N4)c4cccn4B(F)F)c3)(Oc3cccc(/C(=C4/C=CC=N4)c4cccn4B(F)F)c3)=N2)c1. The summed E-state index contributed by atoms with van der Waals surface area (Å²) in [6.45, 7) is 0. The molecule has 1 atom stereocenters. The zero-order valence-electron chi connectivity index (χ0n) is 68.1. The molecule has 0 saturated carbocycles. The summed E-state index contributed by atoms with van der Waals surface area (Å²) in [5, 5.41) is 0. The predicted octanol–water partition coefficient (Wildman–Crippen LogP) is 24.2. The van der Waals surface area contributed by atoms with Crippen molar-refractivity contribution in [3.05, 3.63) is 430 Å². The molecule has 0 fully saturated rings. The van der Waals surface area contributed by atoms with Crippen LogP contribution in [-0.4, -0.2) is 109 Å². The van der Waals surface area contributed by atoms with Gasteiger partial charge in [-0.25, -0.2) is 0 Å². The van der Waals surface area contributed by atoms with Crippen molar-refractivity contribution in [3.63, 3.8) is 0 Å². The number of aliphatic imine (C=N–C) groups is 6. The van der Waals surface area contributed by atoms with Crippen molar-refractivity contribution in [2.45, 2.75) is 0 Å². The third-order valence-electron chi connectivity index (χ3n) is 21.1. The molecule has 0 spiro atoms. The van der Waals surface area contributed by atoms with Crippen molar-refractivity contribution >= 4 is 138 Å². The number of hydrogen-bond acceptors (Lipinski definition) is 15. The molecular weight excluding hydrogens is 1770 g/mol. The second-order valence-corrected chi connectivity index (χ2v) is 35.5. The fourth-order valence-corrected chi connectivity index (χ4v) is 24.8. The van der Waals surface area contributed by atoms with Crippen molar-refractivity contribution in [1.29, 1.82) is 0 Å². The number of halogens is 12. The Hall–Kier alpha value is -15.1. The van der Waals surface area contributed by atoms with Crippen LogP contribution in [0.2, 0.25) is 0 Å². The summed E-state index contributed by atoms with van der Waals surface area (Å²) in [7, 11) is -35.0. The van der Waals surface area contributed by atoms with Crippen molar-refractivity contribution in [3.8, 4) is 34.5 Å². The van der Waals surface area contributed by atoms with Gasteiger partial charge in [0.1, 0.15) is 34.5 Å². The van der Waals surface area contributed by atoms with Gasteiger partial charge in [-0.1, -0.05) is 86.3 Å². The molecule has 19 rings (SSSR count). The van der Waals surface area contributed by atoms with E-state index in [4.69, 9.17) is 40.7 Å². The number of hydrogen-bond donors (Lipinski definition) is 0. The zero-order valence-corrected chi connectivity index (χ0v) is 70.8. The largest absolute Gasteiger partial charge is 0.677 e. The summed E-state index contributed by atoms with van der Waals surface area (Å²) < 4.78 is 253. The van der Waals surface area contributed by atoms with E-state index in [2.05, 4.69) is 30.0 Å². The average molecular weight is 1830 g/mol. The Morgan fingerprint density at radius 1 is 0.212 bits per heavy atom. The number of aromatic nitrogens is 6. The Labute approximate surface area is 748 Å². The molecule has 132 heavy (non-hydrogen) atoms. The first-order chi connectivity index (χ1) is 64.2. The lowest BCUT2D eigenvalue weighted by Gasteiger charge is -2.33. The van der Waals surface area contributed by atoms with E-state index in [9.17, 15) is 0 Å². The summed E-state index contributed by atoms with van der Waals surface area (Å²) in [6, 6.07) is 53.7. The van der Waals surface area contributed by atoms with Crippen LogP contribution in [0.3, 0.4) is 0 Å². The molecule has 42 heteroatoms. The second-order valence-electron chi connectivity index (χ2n) is 29.3. The molecule has 12 aromatic rings. The molecule has 13 heterocycles. The summed E-state index contributed by atoms with van der Waals surface area (Å²) in [5.41, 5.74) is 3.24. The van der Waals surface area contributed by atoms with Crippen LogP contribution in [0.4, 0.5) is 51.8 Å². The summed E-state index contributed by atoms with van der Waals surface area (Å²) in [4.78, 5) is 27.6. The van der Waals surface area contributed by atoms with Gasteiger partial charge in [0.05, 0.1) is 34.2 Å². The Kier molecular flexibility index (Phi) is 24.1. The van der Waals surface area contributed by atoms with Crippen molar-refractivity contribution < 1.29 is 78.9 Å². The Morgan fingerprint density at radius 2 is 0.371 bits per heavy atom. The molecule has 0 amide bonds. The lowest BCUT2D eigenvalue weighted by molar-refractivity contribution is 0.443. The highest BCUT2D eigenvalue weighted by Gasteiger charge is 2.50. The molecule has 0 aliphatic carbocycles. The minimum Gasteiger partial charge on any atom is -0.413 e. The lowest BCUT2D eigenvalue weighted by atomic mass is 9.98. The van der Waals surface area contributed by atoms with E-state index in [0.29, 0.717) is 0 Å². The number of allylic oxidation sites excluding steroid dienone is 12. The fraction of sp³-hybridized carbons (Fsp3) is 0. The molecule has 7 aliphatic heterocycles. The van der Waals surface area contributed by atoms with E-state index in [1.165, 1.54) is 256 Å². The molecule has 7 aliphatic rings. The van der Waals surface area contributed by atoms with E-state index in [1.807, 2.05) is 0 Å². The first-order valence-corrected chi connectivity index (χ1v) is 45.0. The standard InChI is InChI=1S/C90H60B6F12N15O6P3/c97-91(98)118-49-13-37-79(118)85(73-31-7-43-109-73)61-19-1-25-67(55-61)124-130(125-68-26-2-20-62(56-68)86(74-32-8-44-110-74)80-38-14-50-119(80)92(99)100)115-131(126-69-27-3-21-63(57-69)87(75-33-9-45-111-75)81-39-15-51-120(81)93(101)102,127-70-28-4-22-64(58-70)88(76-34-10-46-112-76)82-40-16-52-121(82)94(103)104)117-132(116-130,128-71-29-5-23-65(59-71)89(77-35-11-47-113-77)83-41-17-53-122(83)95(105)106)129-72-30-6-24-66(60-72)90(78-36-12-48-114-78)84-42-18-54-123(84)96(107)108/h1-60H/b85-73-,86-74+,87-75+,88-76+,89-77+,90-78+. The fourth-order valence-electron chi connectivity index (χ4n) is 15.7. The maximum absolute atomic E-state index is 15.5. The smallest absolute Gasteiger partial charge is 0.413 e. The van der Waals surface area contributed by atoms with Crippen molar-refractivity contribution in [2.75, 3.05) is 0 Å². The highest BCUT2D eigenvalue weighted by atomic mass is 31.3. The van der Waals surface area contributed by atoms with Gasteiger partial charge in [0, 0.05) is 105 Å². The summed E-state index contributed by atoms with van der Waals surface area (Å²) in [5.74, 6) is -1.35. The molecule has 0 bridgehead atoms. The van der Waals surface area contributed by atoms with Gasteiger partial charge in [-0.2, -0.15) is 0 Å². The Balaban J connectivity index is 0.945. The van der Waals surface area contributed by atoms with Crippen LogP contribution in [-0.2, 0) is 0 Å². The molecule has 0 radical (unpaired) electrons. The third kappa shape index (κ3) is 17.6. The van der Waals surface area contributed by atoms with Gasteiger partial charge in [-0.05, 0) is 289 Å². The van der Waals surface area contributed by atoms with Gasteiger partial charge in [0.25, 0.3) is 0 Å². The maximum Gasteiger partial charge on any atom is 0.677 e.